The number of hydrogen-bond acceptors (Lipinski definition) is 4. The number of likely N-dealkylation sites (tertiary alicyclic amines) is 1. The molecule has 3 aliphatic rings. The molecule has 3 aliphatic heterocycles. The zero-order valence-electron chi connectivity index (χ0n) is 14.0. The lowest BCUT2D eigenvalue weighted by atomic mass is 9.77. The van der Waals surface area contributed by atoms with Crippen LogP contribution in [0.4, 0.5) is 0 Å². The number of carbonyl (C=O) groups excluding carboxylic acids is 1. The smallest absolute Gasteiger partial charge is 0.326 e. The normalized spacial score (nSPS) is 28.5. The lowest BCUT2D eigenvalue weighted by Crippen LogP contribution is -2.49. The van der Waals surface area contributed by atoms with Crippen LogP contribution in [0.3, 0.4) is 0 Å². The van der Waals surface area contributed by atoms with Crippen LogP contribution in [-0.2, 0) is 19.8 Å². The van der Waals surface area contributed by atoms with Gasteiger partial charge in [0.2, 0.25) is 5.91 Å². The van der Waals surface area contributed by atoms with Crippen molar-refractivity contribution in [1.29, 1.82) is 0 Å². The highest BCUT2D eigenvalue weighted by molar-refractivity contribution is 7.86. The van der Waals surface area contributed by atoms with Gasteiger partial charge in [0.05, 0.1) is 0 Å². The summed E-state index contributed by atoms with van der Waals surface area (Å²) >= 11 is 0. The summed E-state index contributed by atoms with van der Waals surface area (Å²) in [5.74, 6) is -1.21. The Bertz CT molecular complexity index is 597. The average molecular weight is 359 g/mol. The number of amides is 1. The Morgan fingerprint density at radius 2 is 1.58 bits per heavy atom. The van der Waals surface area contributed by atoms with E-state index >= 15 is 0 Å². The third-order valence-electron chi connectivity index (χ3n) is 5.70. The van der Waals surface area contributed by atoms with Crippen LogP contribution in [0.25, 0.3) is 0 Å². The molecule has 3 rings (SSSR count). The summed E-state index contributed by atoms with van der Waals surface area (Å²) in [4.78, 5) is 24.6. The van der Waals surface area contributed by atoms with E-state index in [0.717, 1.165) is 12.8 Å². The Morgan fingerprint density at radius 1 is 1.04 bits per heavy atom. The molecule has 0 aromatic rings. The number of piperidine rings is 1. The number of nitrogens with zero attached hydrogens (tertiary/aromatic N) is 3. The van der Waals surface area contributed by atoms with Crippen molar-refractivity contribution in [2.24, 2.45) is 5.41 Å². The first-order chi connectivity index (χ1) is 11.3. The molecule has 0 aliphatic carbocycles. The maximum atomic E-state index is 12.6. The van der Waals surface area contributed by atoms with Gasteiger partial charge in [-0.1, -0.05) is 0 Å². The fraction of sp³-hybridized carbons (Fsp3) is 0.867. The van der Waals surface area contributed by atoms with Crippen LogP contribution in [0, 0.1) is 5.41 Å². The van der Waals surface area contributed by atoms with Gasteiger partial charge in [-0.3, -0.25) is 4.79 Å². The molecule has 1 N–H and O–H groups in total. The van der Waals surface area contributed by atoms with E-state index in [0.29, 0.717) is 52.0 Å². The van der Waals surface area contributed by atoms with Gasteiger partial charge in [0.25, 0.3) is 10.2 Å². The first-order valence-electron chi connectivity index (χ1n) is 8.50. The molecule has 0 radical (unpaired) electrons. The van der Waals surface area contributed by atoms with Crippen LogP contribution in [0.15, 0.2) is 0 Å². The van der Waals surface area contributed by atoms with Crippen LogP contribution < -0.4 is 0 Å². The maximum Gasteiger partial charge on any atom is 0.326 e. The molecule has 136 valence electrons. The molecule has 1 spiro atoms. The lowest BCUT2D eigenvalue weighted by Gasteiger charge is -2.39. The van der Waals surface area contributed by atoms with E-state index in [2.05, 4.69) is 0 Å². The fourth-order valence-electron chi connectivity index (χ4n) is 4.24. The molecule has 9 heteroatoms. The zero-order chi connectivity index (χ0) is 17.5. The molecule has 3 saturated heterocycles. The van der Waals surface area contributed by atoms with Crippen LogP contribution >= 0.6 is 0 Å². The van der Waals surface area contributed by atoms with E-state index in [9.17, 15) is 23.1 Å². The molecule has 0 bridgehead atoms. The summed E-state index contributed by atoms with van der Waals surface area (Å²) in [5, 5.41) is 9.36. The van der Waals surface area contributed by atoms with Crippen molar-refractivity contribution >= 4 is 22.1 Å². The number of carbonyl (C=O) groups is 2. The SMILES string of the molecule is CC(=O)N1CC2(CCN(S(=O)(=O)N3CCCC3)CC2)CC1C(=O)O. The summed E-state index contributed by atoms with van der Waals surface area (Å²) < 4.78 is 28.3. The molecular formula is C15H25N3O5S. The third kappa shape index (κ3) is 3.04. The number of carboxylic acids is 1. The molecule has 0 aromatic carbocycles. The maximum absolute atomic E-state index is 12.6. The second-order valence-electron chi connectivity index (χ2n) is 7.22. The van der Waals surface area contributed by atoms with Gasteiger partial charge >= 0.3 is 5.97 Å². The van der Waals surface area contributed by atoms with E-state index in [-0.39, 0.29) is 11.3 Å². The topological polar surface area (TPSA) is 98.2 Å². The predicted octanol–water partition coefficient (Wildman–Crippen LogP) is 0.115. The summed E-state index contributed by atoms with van der Waals surface area (Å²) in [6.07, 6.45) is 3.44. The molecule has 3 fully saturated rings. The standard InChI is InChI=1S/C15H25N3O5S/c1-12(19)18-11-15(10-13(18)14(20)21)4-8-17(9-5-15)24(22,23)16-6-2-3-7-16/h13H,2-11H2,1H3,(H,20,21). The summed E-state index contributed by atoms with van der Waals surface area (Å²) in [6, 6.07) is -0.788. The molecule has 0 saturated carbocycles. The number of hydrogen-bond donors (Lipinski definition) is 1. The summed E-state index contributed by atoms with van der Waals surface area (Å²) in [5.41, 5.74) is -0.272. The van der Waals surface area contributed by atoms with Crippen molar-refractivity contribution < 1.29 is 23.1 Å². The molecule has 1 amide bonds. The second-order valence-corrected chi connectivity index (χ2v) is 9.15. The highest BCUT2D eigenvalue weighted by atomic mass is 32.2. The van der Waals surface area contributed by atoms with Crippen molar-refractivity contribution in [1.82, 2.24) is 13.5 Å². The first-order valence-corrected chi connectivity index (χ1v) is 9.90. The highest BCUT2D eigenvalue weighted by Gasteiger charge is 2.50. The van der Waals surface area contributed by atoms with Crippen LogP contribution in [0.5, 0.6) is 0 Å². The van der Waals surface area contributed by atoms with Gasteiger partial charge in [0, 0.05) is 39.6 Å². The molecule has 1 unspecified atom stereocenters. The molecule has 0 aromatic heterocycles. The Labute approximate surface area is 142 Å². The van der Waals surface area contributed by atoms with Gasteiger partial charge < -0.3 is 10.0 Å². The number of carboxylic acid groups (broad SMARTS) is 1. The monoisotopic (exact) mass is 359 g/mol. The molecule has 24 heavy (non-hydrogen) atoms. The molecule has 1 atom stereocenters. The van der Waals surface area contributed by atoms with Gasteiger partial charge in [-0.2, -0.15) is 17.0 Å². The first kappa shape index (κ1) is 17.6. The minimum absolute atomic E-state index is 0.230. The Kier molecular flexibility index (Phi) is 4.61. The largest absolute Gasteiger partial charge is 0.480 e. The van der Waals surface area contributed by atoms with Gasteiger partial charge in [-0.15, -0.1) is 0 Å². The van der Waals surface area contributed by atoms with Crippen molar-refractivity contribution in [3.63, 3.8) is 0 Å². The van der Waals surface area contributed by atoms with E-state index in [1.165, 1.54) is 16.1 Å². The van der Waals surface area contributed by atoms with Crippen molar-refractivity contribution in [3.8, 4) is 0 Å². The van der Waals surface area contributed by atoms with E-state index < -0.39 is 22.2 Å². The Hall–Kier alpha value is -1.19. The molecule has 3 heterocycles. The van der Waals surface area contributed by atoms with E-state index in [1.807, 2.05) is 0 Å². The third-order valence-corrected chi connectivity index (χ3v) is 7.73. The number of rotatable bonds is 3. The quantitative estimate of drug-likeness (QED) is 0.771. The second kappa shape index (κ2) is 6.27. The van der Waals surface area contributed by atoms with Crippen LogP contribution in [-0.4, -0.2) is 77.7 Å². The lowest BCUT2D eigenvalue weighted by molar-refractivity contribution is -0.147. The van der Waals surface area contributed by atoms with Crippen molar-refractivity contribution in [2.45, 2.75) is 45.1 Å². The van der Waals surface area contributed by atoms with Crippen LogP contribution in [0.1, 0.15) is 39.0 Å². The van der Waals surface area contributed by atoms with Gasteiger partial charge in [-0.25, -0.2) is 4.79 Å². The van der Waals surface area contributed by atoms with E-state index in [4.69, 9.17) is 0 Å². The Morgan fingerprint density at radius 3 is 2.04 bits per heavy atom. The van der Waals surface area contributed by atoms with Crippen LogP contribution in [0.2, 0.25) is 0 Å². The summed E-state index contributed by atoms with van der Waals surface area (Å²) in [7, 11) is -3.40. The fourth-order valence-corrected chi connectivity index (χ4v) is 5.93. The average Bonchev–Trinajstić information content (AvgIpc) is 3.16. The minimum Gasteiger partial charge on any atom is -0.480 e. The zero-order valence-corrected chi connectivity index (χ0v) is 14.8. The summed E-state index contributed by atoms with van der Waals surface area (Å²) in [6.45, 7) is 3.78. The van der Waals surface area contributed by atoms with Crippen molar-refractivity contribution in [3.05, 3.63) is 0 Å². The Balaban J connectivity index is 1.68. The number of aliphatic carboxylic acids is 1. The molecular weight excluding hydrogens is 334 g/mol. The van der Waals surface area contributed by atoms with Gasteiger partial charge in [-0.05, 0) is 37.5 Å². The molecule has 8 nitrogen and oxygen atoms in total. The van der Waals surface area contributed by atoms with Gasteiger partial charge in [0.15, 0.2) is 0 Å². The van der Waals surface area contributed by atoms with E-state index in [1.54, 1.807) is 4.31 Å². The van der Waals surface area contributed by atoms with Gasteiger partial charge in [0.1, 0.15) is 6.04 Å². The highest BCUT2D eigenvalue weighted by Crippen LogP contribution is 2.44. The minimum atomic E-state index is -3.40. The predicted molar refractivity (Wildman–Crippen MR) is 86.4 cm³/mol. The van der Waals surface area contributed by atoms with Crippen molar-refractivity contribution in [2.75, 3.05) is 32.7 Å².